The fourth-order valence-corrected chi connectivity index (χ4v) is 2.06. The van der Waals surface area contributed by atoms with Gasteiger partial charge in [0.2, 0.25) is 0 Å². The summed E-state index contributed by atoms with van der Waals surface area (Å²) in [6.45, 7) is 0.414. The Bertz CT molecular complexity index is 598. The minimum absolute atomic E-state index is 0.0880. The van der Waals surface area contributed by atoms with Gasteiger partial charge in [0.05, 0.1) is 6.54 Å². The summed E-state index contributed by atoms with van der Waals surface area (Å²) in [6.07, 6.45) is 1.12. The monoisotopic (exact) mass is 307 g/mol. The van der Waals surface area contributed by atoms with E-state index in [9.17, 15) is 9.59 Å². The minimum atomic E-state index is -0.594. The van der Waals surface area contributed by atoms with E-state index in [1.165, 1.54) is 23.5 Å². The third kappa shape index (κ3) is 4.55. The lowest BCUT2D eigenvalue weighted by Crippen LogP contribution is -2.23. The number of hydroxylamine groups is 1. The fraction of sp³-hybridized carbons (Fsp3) is 0.154. The van der Waals surface area contributed by atoms with Crippen molar-refractivity contribution in [2.45, 2.75) is 13.2 Å². The summed E-state index contributed by atoms with van der Waals surface area (Å²) in [4.78, 5) is 26.6. The number of hydrogen-bond acceptors (Lipinski definition) is 6. The fourth-order valence-electron chi connectivity index (χ4n) is 1.50. The molecule has 0 atom stereocenters. The number of carbonyl (C=O) groups is 2. The van der Waals surface area contributed by atoms with Gasteiger partial charge in [0.15, 0.2) is 0 Å². The van der Waals surface area contributed by atoms with Crippen LogP contribution in [0.3, 0.4) is 0 Å². The van der Waals surface area contributed by atoms with Crippen LogP contribution in [0.2, 0.25) is 0 Å². The van der Waals surface area contributed by atoms with Crippen molar-refractivity contribution in [1.29, 1.82) is 0 Å². The molecule has 8 heteroatoms. The van der Waals surface area contributed by atoms with Gasteiger partial charge >= 0.3 is 6.09 Å². The molecule has 3 N–H and O–H groups in total. The van der Waals surface area contributed by atoms with E-state index in [1.54, 1.807) is 23.8 Å². The van der Waals surface area contributed by atoms with Crippen LogP contribution < -0.4 is 10.8 Å². The Morgan fingerprint density at radius 3 is 2.67 bits per heavy atom. The molecule has 21 heavy (non-hydrogen) atoms. The standard InChI is InChI=1S/C13H13N3O4S/c17-12(16-19)10-3-1-9(2-4-10)8-20-13(18)15-7-11-14-5-6-21-11/h1-6,19H,7-8H2,(H,15,18)(H,16,17). The molecule has 0 saturated heterocycles. The maximum atomic E-state index is 11.5. The lowest BCUT2D eigenvalue weighted by Gasteiger charge is -2.06. The summed E-state index contributed by atoms with van der Waals surface area (Å²) in [5, 5.41) is 13.7. The summed E-state index contributed by atoms with van der Waals surface area (Å²) >= 11 is 1.45. The Labute approximate surface area is 124 Å². The van der Waals surface area contributed by atoms with Crippen LogP contribution >= 0.6 is 11.3 Å². The van der Waals surface area contributed by atoms with E-state index in [0.717, 1.165) is 10.6 Å². The molecule has 0 bridgehead atoms. The molecular weight excluding hydrogens is 294 g/mol. The van der Waals surface area contributed by atoms with Crippen molar-refractivity contribution in [2.24, 2.45) is 0 Å². The average Bonchev–Trinajstić information content (AvgIpc) is 3.04. The molecule has 0 aliphatic heterocycles. The highest BCUT2D eigenvalue weighted by Gasteiger charge is 2.06. The van der Waals surface area contributed by atoms with Crippen LogP contribution in [0.25, 0.3) is 0 Å². The third-order valence-electron chi connectivity index (χ3n) is 2.56. The molecule has 0 fully saturated rings. The molecule has 0 spiro atoms. The number of aromatic nitrogens is 1. The molecule has 2 amide bonds. The lowest BCUT2D eigenvalue weighted by molar-refractivity contribution is 0.0706. The van der Waals surface area contributed by atoms with Crippen LogP contribution in [0.4, 0.5) is 4.79 Å². The zero-order valence-electron chi connectivity index (χ0n) is 10.9. The van der Waals surface area contributed by atoms with Crippen molar-refractivity contribution in [3.8, 4) is 0 Å². The molecule has 0 radical (unpaired) electrons. The van der Waals surface area contributed by atoms with E-state index in [2.05, 4.69) is 10.3 Å². The third-order valence-corrected chi connectivity index (χ3v) is 3.33. The van der Waals surface area contributed by atoms with Gasteiger partial charge in [0, 0.05) is 17.1 Å². The van der Waals surface area contributed by atoms with Gasteiger partial charge in [0.25, 0.3) is 5.91 Å². The predicted octanol–water partition coefficient (Wildman–Crippen LogP) is 1.69. The minimum Gasteiger partial charge on any atom is -0.445 e. The second-order valence-electron chi connectivity index (χ2n) is 3.99. The van der Waals surface area contributed by atoms with Crippen LogP contribution in [0.5, 0.6) is 0 Å². The second-order valence-corrected chi connectivity index (χ2v) is 4.97. The van der Waals surface area contributed by atoms with Gasteiger partial charge in [0.1, 0.15) is 11.6 Å². The number of alkyl carbamates (subject to hydrolysis) is 1. The topological polar surface area (TPSA) is 101 Å². The number of hydrogen-bond donors (Lipinski definition) is 3. The normalized spacial score (nSPS) is 9.95. The Kier molecular flexibility index (Phi) is 5.24. The second kappa shape index (κ2) is 7.36. The Morgan fingerprint density at radius 1 is 1.29 bits per heavy atom. The van der Waals surface area contributed by atoms with E-state index >= 15 is 0 Å². The molecule has 1 heterocycles. The van der Waals surface area contributed by atoms with E-state index < -0.39 is 12.0 Å². The summed E-state index contributed by atoms with van der Waals surface area (Å²) < 4.78 is 5.03. The highest BCUT2D eigenvalue weighted by Crippen LogP contribution is 2.06. The largest absolute Gasteiger partial charge is 0.445 e. The smallest absolute Gasteiger partial charge is 0.407 e. The predicted molar refractivity (Wildman–Crippen MR) is 74.8 cm³/mol. The molecule has 1 aromatic heterocycles. The highest BCUT2D eigenvalue weighted by molar-refractivity contribution is 7.09. The first-order chi connectivity index (χ1) is 10.2. The number of benzene rings is 1. The summed E-state index contributed by atoms with van der Waals surface area (Å²) in [5.74, 6) is -0.594. The number of thiazole rings is 1. The molecule has 2 aromatic rings. The Morgan fingerprint density at radius 2 is 2.05 bits per heavy atom. The van der Waals surface area contributed by atoms with Gasteiger partial charge in [-0.15, -0.1) is 11.3 Å². The van der Waals surface area contributed by atoms with Gasteiger partial charge in [-0.25, -0.2) is 15.3 Å². The van der Waals surface area contributed by atoms with Crippen molar-refractivity contribution < 1.29 is 19.5 Å². The van der Waals surface area contributed by atoms with Crippen LogP contribution in [0, 0.1) is 0 Å². The summed E-state index contributed by atoms with van der Waals surface area (Å²) in [7, 11) is 0. The highest BCUT2D eigenvalue weighted by atomic mass is 32.1. The van der Waals surface area contributed by atoms with Crippen LogP contribution in [-0.2, 0) is 17.9 Å². The first-order valence-electron chi connectivity index (χ1n) is 6.01. The number of amides is 2. The maximum absolute atomic E-state index is 11.5. The molecular formula is C13H13N3O4S. The number of nitrogens with zero attached hydrogens (tertiary/aromatic N) is 1. The maximum Gasteiger partial charge on any atom is 0.407 e. The van der Waals surface area contributed by atoms with Crippen molar-refractivity contribution in [1.82, 2.24) is 15.8 Å². The molecule has 1 aromatic carbocycles. The van der Waals surface area contributed by atoms with E-state index in [0.29, 0.717) is 12.1 Å². The summed E-state index contributed by atoms with van der Waals surface area (Å²) in [6, 6.07) is 6.33. The zero-order valence-corrected chi connectivity index (χ0v) is 11.7. The molecule has 0 unspecified atom stereocenters. The quantitative estimate of drug-likeness (QED) is 0.576. The molecule has 110 valence electrons. The van der Waals surface area contributed by atoms with Crippen LogP contribution in [-0.4, -0.2) is 22.2 Å². The average molecular weight is 307 g/mol. The molecule has 7 nitrogen and oxygen atoms in total. The first-order valence-corrected chi connectivity index (χ1v) is 6.89. The molecule has 0 aliphatic rings. The number of carbonyl (C=O) groups excluding carboxylic acids is 2. The van der Waals surface area contributed by atoms with Crippen molar-refractivity contribution in [2.75, 3.05) is 0 Å². The van der Waals surface area contributed by atoms with Gasteiger partial charge in [-0.1, -0.05) is 12.1 Å². The molecule has 2 rings (SSSR count). The Balaban J connectivity index is 1.77. The van der Waals surface area contributed by atoms with Gasteiger partial charge < -0.3 is 10.1 Å². The summed E-state index contributed by atoms with van der Waals surface area (Å²) in [5.41, 5.74) is 2.59. The van der Waals surface area contributed by atoms with Crippen molar-refractivity contribution in [3.05, 3.63) is 52.0 Å². The van der Waals surface area contributed by atoms with Crippen molar-refractivity contribution >= 4 is 23.3 Å². The van der Waals surface area contributed by atoms with Gasteiger partial charge in [-0.3, -0.25) is 10.0 Å². The van der Waals surface area contributed by atoms with Crippen LogP contribution in [0.1, 0.15) is 20.9 Å². The molecule has 0 aliphatic carbocycles. The van der Waals surface area contributed by atoms with Gasteiger partial charge in [-0.05, 0) is 17.7 Å². The van der Waals surface area contributed by atoms with Crippen molar-refractivity contribution in [3.63, 3.8) is 0 Å². The molecule has 0 saturated carbocycles. The lowest BCUT2D eigenvalue weighted by atomic mass is 10.1. The van der Waals surface area contributed by atoms with E-state index in [-0.39, 0.29) is 6.61 Å². The number of ether oxygens (including phenoxy) is 1. The van der Waals surface area contributed by atoms with Crippen LogP contribution in [0.15, 0.2) is 35.8 Å². The SMILES string of the molecule is O=C(NCc1nccs1)OCc1ccc(C(=O)NO)cc1. The zero-order chi connectivity index (χ0) is 15.1. The first kappa shape index (κ1) is 14.9. The number of rotatable bonds is 5. The number of nitrogens with one attached hydrogen (secondary N) is 2. The van der Waals surface area contributed by atoms with Gasteiger partial charge in [-0.2, -0.15) is 0 Å². The van der Waals surface area contributed by atoms with E-state index in [1.807, 2.05) is 5.38 Å². The Hall–Kier alpha value is -2.45. The van der Waals surface area contributed by atoms with E-state index in [4.69, 9.17) is 9.94 Å².